The van der Waals surface area contributed by atoms with E-state index in [-0.39, 0.29) is 23.4 Å². The van der Waals surface area contributed by atoms with E-state index in [1.165, 1.54) is 4.31 Å². The maximum Gasteiger partial charge on any atom is 0.264 e. The van der Waals surface area contributed by atoms with Gasteiger partial charge in [0.25, 0.3) is 10.0 Å². The molecular weight excluding hydrogens is 432 g/mol. The minimum atomic E-state index is -3.93. The number of sulfonamides is 1. The number of hydrogen-bond acceptors (Lipinski definition) is 3. The Hall–Kier alpha value is -3.12. The molecule has 0 aliphatic heterocycles. The molecule has 3 aromatic carbocycles. The van der Waals surface area contributed by atoms with Gasteiger partial charge in [-0.15, -0.1) is 0 Å². The molecule has 0 saturated carbocycles. The lowest BCUT2D eigenvalue weighted by Gasteiger charge is -2.27. The summed E-state index contributed by atoms with van der Waals surface area (Å²) in [6.07, 6.45) is 0.755. The molecule has 33 heavy (non-hydrogen) atoms. The highest BCUT2D eigenvalue weighted by atomic mass is 32.2. The number of rotatable bonds is 9. The van der Waals surface area contributed by atoms with Crippen molar-refractivity contribution in [3.05, 3.63) is 95.6 Å². The molecule has 5 nitrogen and oxygen atoms in total. The average molecular weight is 465 g/mol. The summed E-state index contributed by atoms with van der Waals surface area (Å²) < 4.78 is 28.3. The second kappa shape index (κ2) is 10.7. The first-order valence-corrected chi connectivity index (χ1v) is 12.6. The highest BCUT2D eigenvalue weighted by Gasteiger charge is 2.28. The minimum Gasteiger partial charge on any atom is -0.348 e. The molecule has 0 aliphatic carbocycles. The van der Waals surface area contributed by atoms with Crippen LogP contribution in [0.1, 0.15) is 43.0 Å². The van der Waals surface area contributed by atoms with E-state index in [0.717, 1.165) is 23.1 Å². The molecule has 1 atom stereocenters. The van der Waals surface area contributed by atoms with E-state index in [0.29, 0.717) is 11.6 Å². The van der Waals surface area contributed by atoms with E-state index in [4.69, 9.17) is 0 Å². The van der Waals surface area contributed by atoms with Crippen molar-refractivity contribution in [3.8, 4) is 0 Å². The van der Waals surface area contributed by atoms with Gasteiger partial charge in [0.05, 0.1) is 16.6 Å². The van der Waals surface area contributed by atoms with Gasteiger partial charge in [-0.25, -0.2) is 8.42 Å². The van der Waals surface area contributed by atoms with Crippen molar-refractivity contribution >= 4 is 21.6 Å². The Morgan fingerprint density at radius 2 is 1.48 bits per heavy atom. The number of aryl methyl sites for hydroxylation is 2. The quantitative estimate of drug-likeness (QED) is 0.461. The molecule has 174 valence electrons. The highest BCUT2D eigenvalue weighted by molar-refractivity contribution is 7.92. The van der Waals surface area contributed by atoms with Crippen molar-refractivity contribution in [2.75, 3.05) is 10.8 Å². The van der Waals surface area contributed by atoms with Crippen molar-refractivity contribution in [2.45, 2.75) is 45.1 Å². The summed E-state index contributed by atoms with van der Waals surface area (Å²) in [6.45, 7) is 7.80. The largest absolute Gasteiger partial charge is 0.348 e. The van der Waals surface area contributed by atoms with Gasteiger partial charge in [-0.1, -0.05) is 68.4 Å². The van der Waals surface area contributed by atoms with Gasteiger partial charge in [-0.05, 0) is 67.1 Å². The van der Waals surface area contributed by atoms with E-state index in [1.807, 2.05) is 56.3 Å². The summed E-state index contributed by atoms with van der Waals surface area (Å²) in [5, 5.41) is 3.07. The van der Waals surface area contributed by atoms with E-state index in [9.17, 15) is 13.2 Å². The fourth-order valence-electron chi connectivity index (χ4n) is 3.72. The first kappa shape index (κ1) is 24.5. The summed E-state index contributed by atoms with van der Waals surface area (Å²) >= 11 is 0. The summed E-state index contributed by atoms with van der Waals surface area (Å²) in [7, 11) is -3.93. The van der Waals surface area contributed by atoms with Crippen LogP contribution in [0.4, 0.5) is 5.69 Å². The Bertz CT molecular complexity index is 1180. The fraction of sp³-hybridized carbons (Fsp3) is 0.296. The number of nitrogens with one attached hydrogen (secondary N) is 1. The number of amides is 1. The first-order chi connectivity index (χ1) is 15.7. The van der Waals surface area contributed by atoms with Gasteiger partial charge < -0.3 is 5.32 Å². The number of hydrogen-bond donors (Lipinski definition) is 1. The van der Waals surface area contributed by atoms with Gasteiger partial charge in [0.1, 0.15) is 6.54 Å². The Morgan fingerprint density at radius 1 is 0.879 bits per heavy atom. The minimum absolute atomic E-state index is 0.151. The summed E-state index contributed by atoms with van der Waals surface area (Å²) in [4.78, 5) is 13.4. The van der Waals surface area contributed by atoms with E-state index >= 15 is 0 Å². The predicted molar refractivity (Wildman–Crippen MR) is 134 cm³/mol. The molecule has 0 aliphatic rings. The third-order valence-electron chi connectivity index (χ3n) is 5.64. The monoisotopic (exact) mass is 464 g/mol. The molecule has 0 bridgehead atoms. The Kier molecular flexibility index (Phi) is 7.92. The third-order valence-corrected chi connectivity index (χ3v) is 7.43. The Labute approximate surface area is 197 Å². The van der Waals surface area contributed by atoms with Gasteiger partial charge in [-0.3, -0.25) is 9.10 Å². The SMILES string of the molecule is Cc1ccc(N(CC(=O)NC(CC(C)C)c2ccccc2)S(=O)(=O)c2ccccc2)cc1C. The Balaban J connectivity index is 1.94. The lowest BCUT2D eigenvalue weighted by molar-refractivity contribution is -0.120. The van der Waals surface area contributed by atoms with Crippen LogP contribution in [0.15, 0.2) is 83.8 Å². The molecule has 0 radical (unpaired) electrons. The van der Waals surface area contributed by atoms with Gasteiger partial charge in [0, 0.05) is 0 Å². The molecule has 0 aromatic heterocycles. The topological polar surface area (TPSA) is 66.5 Å². The van der Waals surface area contributed by atoms with E-state index in [1.54, 1.807) is 36.4 Å². The summed E-state index contributed by atoms with van der Waals surface area (Å²) in [6, 6.07) is 23.2. The number of nitrogens with zero attached hydrogens (tertiary/aromatic N) is 1. The molecule has 3 aromatic rings. The van der Waals surface area contributed by atoms with Crippen LogP contribution in [0, 0.1) is 19.8 Å². The molecule has 1 amide bonds. The normalized spacial score (nSPS) is 12.4. The lowest BCUT2D eigenvalue weighted by atomic mass is 9.97. The van der Waals surface area contributed by atoms with Crippen LogP contribution >= 0.6 is 0 Å². The molecule has 3 rings (SSSR count). The molecule has 0 heterocycles. The third kappa shape index (κ3) is 6.23. The van der Waals surface area contributed by atoms with Crippen LogP contribution in [0.5, 0.6) is 0 Å². The zero-order valence-corrected chi connectivity index (χ0v) is 20.5. The van der Waals surface area contributed by atoms with Gasteiger partial charge in [0.2, 0.25) is 5.91 Å². The number of carbonyl (C=O) groups excluding carboxylic acids is 1. The van der Waals surface area contributed by atoms with Gasteiger partial charge in [-0.2, -0.15) is 0 Å². The van der Waals surface area contributed by atoms with Crippen LogP contribution in [-0.4, -0.2) is 20.9 Å². The van der Waals surface area contributed by atoms with E-state index in [2.05, 4.69) is 19.2 Å². The van der Waals surface area contributed by atoms with Crippen molar-refractivity contribution in [2.24, 2.45) is 5.92 Å². The first-order valence-electron chi connectivity index (χ1n) is 11.2. The predicted octanol–water partition coefficient (Wildman–Crippen LogP) is 5.40. The average Bonchev–Trinajstić information content (AvgIpc) is 2.80. The lowest BCUT2D eigenvalue weighted by Crippen LogP contribution is -2.42. The standard InChI is InChI=1S/C27H32N2O3S/c1-20(2)17-26(23-11-7-5-8-12-23)28-27(30)19-29(24-16-15-21(3)22(4)18-24)33(31,32)25-13-9-6-10-14-25/h5-16,18,20,26H,17,19H2,1-4H3,(H,28,30). The smallest absolute Gasteiger partial charge is 0.264 e. The zero-order valence-electron chi connectivity index (χ0n) is 19.7. The molecule has 0 fully saturated rings. The van der Waals surface area contributed by atoms with Crippen LogP contribution in [0.25, 0.3) is 0 Å². The van der Waals surface area contributed by atoms with Crippen LogP contribution in [0.2, 0.25) is 0 Å². The van der Waals surface area contributed by atoms with Crippen molar-refractivity contribution in [1.82, 2.24) is 5.32 Å². The van der Waals surface area contributed by atoms with Gasteiger partial charge >= 0.3 is 0 Å². The highest BCUT2D eigenvalue weighted by Crippen LogP contribution is 2.26. The fourth-order valence-corrected chi connectivity index (χ4v) is 5.15. The van der Waals surface area contributed by atoms with E-state index < -0.39 is 10.0 Å². The molecule has 0 spiro atoms. The number of benzene rings is 3. The second-order valence-electron chi connectivity index (χ2n) is 8.75. The summed E-state index contributed by atoms with van der Waals surface area (Å²) in [5.41, 5.74) is 3.49. The van der Waals surface area contributed by atoms with Crippen molar-refractivity contribution < 1.29 is 13.2 Å². The maximum atomic E-state index is 13.5. The molecular formula is C27H32N2O3S. The molecule has 1 N–H and O–H groups in total. The van der Waals surface area contributed by atoms with Crippen molar-refractivity contribution in [1.29, 1.82) is 0 Å². The molecule has 6 heteroatoms. The van der Waals surface area contributed by atoms with Crippen LogP contribution in [0.3, 0.4) is 0 Å². The van der Waals surface area contributed by atoms with Crippen LogP contribution in [-0.2, 0) is 14.8 Å². The zero-order chi connectivity index (χ0) is 24.0. The van der Waals surface area contributed by atoms with Crippen LogP contribution < -0.4 is 9.62 Å². The van der Waals surface area contributed by atoms with Crippen molar-refractivity contribution in [3.63, 3.8) is 0 Å². The Morgan fingerprint density at radius 3 is 2.06 bits per heavy atom. The number of carbonyl (C=O) groups is 1. The van der Waals surface area contributed by atoms with Gasteiger partial charge in [0.15, 0.2) is 0 Å². The maximum absolute atomic E-state index is 13.5. The number of anilines is 1. The molecule has 1 unspecified atom stereocenters. The summed E-state index contributed by atoms with van der Waals surface area (Å²) in [5.74, 6) is 0.0154. The molecule has 0 saturated heterocycles. The second-order valence-corrected chi connectivity index (χ2v) is 10.6.